The van der Waals surface area contributed by atoms with E-state index in [1.54, 1.807) is 0 Å². The van der Waals surface area contributed by atoms with Crippen LogP contribution in [0.1, 0.15) is 27.7 Å². The summed E-state index contributed by atoms with van der Waals surface area (Å²) in [5.74, 6) is 1.56. The van der Waals surface area contributed by atoms with Gasteiger partial charge in [0.1, 0.15) is 0 Å². The summed E-state index contributed by atoms with van der Waals surface area (Å²) in [6, 6.07) is 0.644. The van der Waals surface area contributed by atoms with Gasteiger partial charge in [0.15, 0.2) is 0 Å². The largest absolute Gasteiger partial charge is 0.317 e. The van der Waals surface area contributed by atoms with Crippen molar-refractivity contribution < 1.29 is 0 Å². The zero-order valence-electron chi connectivity index (χ0n) is 7.23. The third-order valence-corrected chi connectivity index (χ3v) is 2.30. The quantitative estimate of drug-likeness (QED) is 0.613. The van der Waals surface area contributed by atoms with Gasteiger partial charge in [0, 0.05) is 6.04 Å². The molecule has 0 aliphatic rings. The Labute approximate surface area is 58.8 Å². The maximum Gasteiger partial charge on any atom is 0.00638 e. The van der Waals surface area contributed by atoms with Crippen LogP contribution in [-0.2, 0) is 0 Å². The van der Waals surface area contributed by atoms with Gasteiger partial charge in [0.25, 0.3) is 0 Å². The number of rotatable bonds is 3. The van der Waals surface area contributed by atoms with Gasteiger partial charge in [-0.25, -0.2) is 0 Å². The summed E-state index contributed by atoms with van der Waals surface area (Å²) in [6.45, 7) is 9.04. The fraction of sp³-hybridized carbons (Fsp3) is 1.00. The molecule has 0 bridgehead atoms. The van der Waals surface area contributed by atoms with Crippen molar-refractivity contribution in [2.24, 2.45) is 11.8 Å². The zero-order chi connectivity index (χ0) is 7.44. The molecule has 2 atom stereocenters. The van der Waals surface area contributed by atoms with E-state index in [4.69, 9.17) is 0 Å². The molecule has 0 aromatic rings. The minimum Gasteiger partial charge on any atom is -0.317 e. The van der Waals surface area contributed by atoms with Crippen LogP contribution in [0, 0.1) is 11.8 Å². The Bertz CT molecular complexity index is 69.0. The van der Waals surface area contributed by atoms with E-state index in [9.17, 15) is 0 Å². The van der Waals surface area contributed by atoms with Gasteiger partial charge in [0.05, 0.1) is 0 Å². The molecule has 0 spiro atoms. The molecular weight excluding hydrogens is 110 g/mol. The van der Waals surface area contributed by atoms with Crippen molar-refractivity contribution in [3.8, 4) is 0 Å². The van der Waals surface area contributed by atoms with Gasteiger partial charge >= 0.3 is 0 Å². The predicted octanol–water partition coefficient (Wildman–Crippen LogP) is 1.89. The molecule has 0 aliphatic carbocycles. The molecule has 1 heteroatoms. The average Bonchev–Trinajstić information content (AvgIpc) is 1.84. The van der Waals surface area contributed by atoms with Crippen LogP contribution in [0.5, 0.6) is 0 Å². The van der Waals surface area contributed by atoms with E-state index in [1.165, 1.54) is 0 Å². The second-order valence-corrected chi connectivity index (χ2v) is 3.18. The van der Waals surface area contributed by atoms with Crippen LogP contribution >= 0.6 is 0 Å². The molecule has 0 amide bonds. The lowest BCUT2D eigenvalue weighted by Gasteiger charge is -2.22. The van der Waals surface area contributed by atoms with Crippen LogP contribution in [0.4, 0.5) is 0 Å². The second kappa shape index (κ2) is 3.89. The van der Waals surface area contributed by atoms with Gasteiger partial charge < -0.3 is 5.32 Å². The molecule has 1 nitrogen and oxygen atoms in total. The summed E-state index contributed by atoms with van der Waals surface area (Å²) in [7, 11) is 2.02. The molecule has 0 saturated heterocycles. The Balaban J connectivity index is 3.58. The van der Waals surface area contributed by atoms with Gasteiger partial charge in [0.2, 0.25) is 0 Å². The molecule has 9 heavy (non-hydrogen) atoms. The van der Waals surface area contributed by atoms with E-state index < -0.39 is 0 Å². The van der Waals surface area contributed by atoms with E-state index in [2.05, 4.69) is 33.0 Å². The van der Waals surface area contributed by atoms with Crippen LogP contribution < -0.4 is 5.32 Å². The summed E-state index contributed by atoms with van der Waals surface area (Å²) >= 11 is 0. The van der Waals surface area contributed by atoms with Crippen LogP contribution in [0.25, 0.3) is 0 Å². The molecule has 0 heterocycles. The zero-order valence-corrected chi connectivity index (χ0v) is 7.23. The third kappa shape index (κ3) is 2.85. The molecule has 0 unspecified atom stereocenters. The molecule has 0 aromatic heterocycles. The highest BCUT2D eigenvalue weighted by atomic mass is 14.9. The number of hydrogen-bond donors (Lipinski definition) is 1. The predicted molar refractivity (Wildman–Crippen MR) is 42.5 cm³/mol. The van der Waals surface area contributed by atoms with Crippen molar-refractivity contribution in [1.29, 1.82) is 0 Å². The summed E-state index contributed by atoms with van der Waals surface area (Å²) in [6.07, 6.45) is 0. The minimum atomic E-state index is 0.644. The van der Waals surface area contributed by atoms with Gasteiger partial charge in [-0.15, -0.1) is 0 Å². The van der Waals surface area contributed by atoms with E-state index >= 15 is 0 Å². The van der Waals surface area contributed by atoms with Crippen molar-refractivity contribution >= 4 is 0 Å². The standard InChI is InChI=1S/C8H19N/c1-6(2)7(3)8(4)9-5/h6-9H,1-5H3/t7-,8+/m1/s1. The monoisotopic (exact) mass is 129 g/mol. The first-order valence-electron chi connectivity index (χ1n) is 3.76. The van der Waals surface area contributed by atoms with Gasteiger partial charge in [-0.2, -0.15) is 0 Å². The lowest BCUT2D eigenvalue weighted by molar-refractivity contribution is 0.329. The van der Waals surface area contributed by atoms with Crippen molar-refractivity contribution in [3.05, 3.63) is 0 Å². The average molecular weight is 129 g/mol. The normalized spacial score (nSPS) is 18.0. The van der Waals surface area contributed by atoms with Crippen LogP contribution in [0.15, 0.2) is 0 Å². The molecule has 0 saturated carbocycles. The molecule has 0 radical (unpaired) electrons. The van der Waals surface area contributed by atoms with Crippen LogP contribution in [0.2, 0.25) is 0 Å². The van der Waals surface area contributed by atoms with E-state index in [0.29, 0.717) is 6.04 Å². The fourth-order valence-corrected chi connectivity index (χ4v) is 0.840. The Morgan fingerprint density at radius 3 is 1.56 bits per heavy atom. The topological polar surface area (TPSA) is 12.0 Å². The Morgan fingerprint density at radius 2 is 1.44 bits per heavy atom. The van der Waals surface area contributed by atoms with Crippen molar-refractivity contribution in [1.82, 2.24) is 5.32 Å². The molecular formula is C8H19N. The smallest absolute Gasteiger partial charge is 0.00638 e. The lowest BCUT2D eigenvalue weighted by Crippen LogP contribution is -2.31. The first-order chi connectivity index (χ1) is 4.09. The minimum absolute atomic E-state index is 0.644. The van der Waals surface area contributed by atoms with Crippen LogP contribution in [0.3, 0.4) is 0 Å². The Kier molecular flexibility index (Phi) is 3.87. The third-order valence-electron chi connectivity index (χ3n) is 2.30. The summed E-state index contributed by atoms with van der Waals surface area (Å²) in [4.78, 5) is 0. The lowest BCUT2D eigenvalue weighted by atomic mass is 9.92. The summed E-state index contributed by atoms with van der Waals surface area (Å²) < 4.78 is 0. The summed E-state index contributed by atoms with van der Waals surface area (Å²) in [5, 5.41) is 3.25. The maximum atomic E-state index is 3.25. The highest BCUT2D eigenvalue weighted by Gasteiger charge is 2.12. The molecule has 1 N–H and O–H groups in total. The SMILES string of the molecule is CN[C@@H](C)[C@H](C)C(C)C. The van der Waals surface area contributed by atoms with Crippen molar-refractivity contribution in [3.63, 3.8) is 0 Å². The maximum absolute atomic E-state index is 3.25. The van der Waals surface area contributed by atoms with E-state index in [-0.39, 0.29) is 0 Å². The molecule has 0 aromatic carbocycles. The van der Waals surface area contributed by atoms with Crippen LogP contribution in [-0.4, -0.2) is 13.1 Å². The van der Waals surface area contributed by atoms with Crippen molar-refractivity contribution in [2.45, 2.75) is 33.7 Å². The Morgan fingerprint density at radius 1 is 1.00 bits per heavy atom. The highest BCUT2D eigenvalue weighted by Crippen LogP contribution is 2.12. The first kappa shape index (κ1) is 8.96. The van der Waals surface area contributed by atoms with E-state index in [1.807, 2.05) is 7.05 Å². The fourth-order valence-electron chi connectivity index (χ4n) is 0.840. The van der Waals surface area contributed by atoms with Gasteiger partial charge in [-0.3, -0.25) is 0 Å². The van der Waals surface area contributed by atoms with Gasteiger partial charge in [-0.05, 0) is 25.8 Å². The molecule has 0 aliphatic heterocycles. The summed E-state index contributed by atoms with van der Waals surface area (Å²) in [5.41, 5.74) is 0. The molecule has 0 fully saturated rings. The Hall–Kier alpha value is -0.0400. The second-order valence-electron chi connectivity index (χ2n) is 3.18. The van der Waals surface area contributed by atoms with E-state index in [0.717, 1.165) is 11.8 Å². The van der Waals surface area contributed by atoms with Crippen molar-refractivity contribution in [2.75, 3.05) is 7.05 Å². The molecule has 0 rings (SSSR count). The molecule has 56 valence electrons. The number of hydrogen-bond acceptors (Lipinski definition) is 1. The first-order valence-corrected chi connectivity index (χ1v) is 3.76. The number of nitrogens with one attached hydrogen (secondary N) is 1. The van der Waals surface area contributed by atoms with Gasteiger partial charge in [-0.1, -0.05) is 20.8 Å². The highest BCUT2D eigenvalue weighted by molar-refractivity contribution is 4.68.